The monoisotopic (exact) mass is 344 g/mol. The molecule has 1 aliphatic rings. The molecular formula is C18H20N2O3S. The number of carbonyl (C=O) groups excluding carboxylic acids is 2. The number of nitrogens with zero attached hydrogens (tertiary/aromatic N) is 2. The van der Waals surface area contributed by atoms with Crippen LogP contribution in [0, 0.1) is 13.8 Å². The summed E-state index contributed by atoms with van der Waals surface area (Å²) in [4.78, 5) is 31.6. The molecule has 1 aromatic carbocycles. The van der Waals surface area contributed by atoms with E-state index in [1.54, 1.807) is 18.7 Å². The number of esters is 1. The van der Waals surface area contributed by atoms with E-state index in [1.165, 1.54) is 11.3 Å². The maximum atomic E-state index is 12.9. The van der Waals surface area contributed by atoms with Crippen LogP contribution in [0.3, 0.4) is 0 Å². The van der Waals surface area contributed by atoms with Gasteiger partial charge in [-0.15, -0.1) is 0 Å². The zero-order chi connectivity index (χ0) is 17.3. The summed E-state index contributed by atoms with van der Waals surface area (Å²) in [5, 5.41) is 0.573. The highest BCUT2D eigenvalue weighted by molar-refractivity contribution is 7.17. The van der Waals surface area contributed by atoms with Crippen LogP contribution in [0.15, 0.2) is 24.3 Å². The van der Waals surface area contributed by atoms with E-state index in [0.717, 1.165) is 18.4 Å². The van der Waals surface area contributed by atoms with Crippen molar-refractivity contribution < 1.29 is 14.3 Å². The average molecular weight is 344 g/mol. The molecule has 1 heterocycles. The highest BCUT2D eigenvalue weighted by Crippen LogP contribution is 2.36. The number of aryl methyl sites for hydroxylation is 2. The second kappa shape index (κ2) is 6.73. The Kier molecular flexibility index (Phi) is 4.66. The Balaban J connectivity index is 1.92. The number of hydrogen-bond acceptors (Lipinski definition) is 5. The van der Waals surface area contributed by atoms with Crippen LogP contribution in [0.4, 0.5) is 5.13 Å². The first kappa shape index (κ1) is 16.6. The molecule has 1 aromatic heterocycles. The van der Waals surface area contributed by atoms with E-state index in [4.69, 9.17) is 4.74 Å². The summed E-state index contributed by atoms with van der Waals surface area (Å²) >= 11 is 1.23. The molecule has 1 saturated carbocycles. The molecule has 0 aliphatic heterocycles. The second-order valence-corrected chi connectivity index (χ2v) is 6.88. The molecule has 0 spiro atoms. The Morgan fingerprint density at radius 1 is 1.25 bits per heavy atom. The Hall–Kier alpha value is -2.21. The van der Waals surface area contributed by atoms with E-state index in [-0.39, 0.29) is 17.9 Å². The van der Waals surface area contributed by atoms with E-state index in [1.807, 2.05) is 31.2 Å². The van der Waals surface area contributed by atoms with Crippen molar-refractivity contribution in [2.24, 2.45) is 0 Å². The molecule has 126 valence electrons. The number of anilines is 1. The van der Waals surface area contributed by atoms with E-state index in [2.05, 4.69) is 4.98 Å². The summed E-state index contributed by atoms with van der Waals surface area (Å²) in [6, 6.07) is 7.68. The highest BCUT2D eigenvalue weighted by atomic mass is 32.1. The molecule has 0 unspecified atom stereocenters. The Morgan fingerprint density at radius 2 is 1.92 bits per heavy atom. The molecule has 6 heteroatoms. The number of aromatic nitrogens is 1. The van der Waals surface area contributed by atoms with E-state index in [9.17, 15) is 9.59 Å². The van der Waals surface area contributed by atoms with Gasteiger partial charge in [-0.05, 0) is 45.7 Å². The predicted molar refractivity (Wildman–Crippen MR) is 93.8 cm³/mol. The number of carbonyl (C=O) groups is 2. The third-order valence-electron chi connectivity index (χ3n) is 3.88. The van der Waals surface area contributed by atoms with Gasteiger partial charge >= 0.3 is 5.97 Å². The minimum Gasteiger partial charge on any atom is -0.462 e. The maximum Gasteiger partial charge on any atom is 0.350 e. The molecule has 0 saturated heterocycles. The van der Waals surface area contributed by atoms with Gasteiger partial charge in [0.15, 0.2) is 5.13 Å². The zero-order valence-corrected chi connectivity index (χ0v) is 14.9. The van der Waals surface area contributed by atoms with Gasteiger partial charge in [-0.25, -0.2) is 9.78 Å². The Bertz CT molecular complexity index is 763. The summed E-state index contributed by atoms with van der Waals surface area (Å²) in [5.41, 5.74) is 2.35. The van der Waals surface area contributed by atoms with Gasteiger partial charge in [0.2, 0.25) is 0 Å². The molecule has 5 nitrogen and oxygen atoms in total. The third-order valence-corrected chi connectivity index (χ3v) is 5.02. The Labute approximate surface area is 145 Å². The fourth-order valence-corrected chi connectivity index (χ4v) is 3.48. The summed E-state index contributed by atoms with van der Waals surface area (Å²) in [7, 11) is 0. The SMILES string of the molecule is CCOC(=O)c1sc(N(C(=O)c2ccc(C)cc2)C2CC2)nc1C. The van der Waals surface area contributed by atoms with Crippen LogP contribution in [-0.2, 0) is 4.74 Å². The van der Waals surface area contributed by atoms with Crippen molar-refractivity contribution in [3.8, 4) is 0 Å². The van der Waals surface area contributed by atoms with E-state index >= 15 is 0 Å². The number of thiazole rings is 1. The van der Waals surface area contributed by atoms with Gasteiger partial charge < -0.3 is 4.74 Å². The van der Waals surface area contributed by atoms with Gasteiger partial charge in [0.25, 0.3) is 5.91 Å². The fraction of sp³-hybridized carbons (Fsp3) is 0.389. The number of amides is 1. The van der Waals surface area contributed by atoms with Gasteiger partial charge in [0, 0.05) is 11.6 Å². The van der Waals surface area contributed by atoms with E-state index in [0.29, 0.717) is 27.9 Å². The van der Waals surface area contributed by atoms with Gasteiger partial charge in [-0.2, -0.15) is 0 Å². The van der Waals surface area contributed by atoms with Gasteiger partial charge in [-0.3, -0.25) is 9.69 Å². The normalized spacial score (nSPS) is 13.6. The summed E-state index contributed by atoms with van der Waals surface area (Å²) in [6.07, 6.45) is 1.93. The lowest BCUT2D eigenvalue weighted by atomic mass is 10.1. The largest absolute Gasteiger partial charge is 0.462 e. The third kappa shape index (κ3) is 3.33. The Morgan fingerprint density at radius 3 is 2.50 bits per heavy atom. The van der Waals surface area contributed by atoms with Crippen molar-refractivity contribution >= 4 is 28.3 Å². The van der Waals surface area contributed by atoms with Gasteiger partial charge in [0.05, 0.1) is 12.3 Å². The van der Waals surface area contributed by atoms with Crippen LogP contribution in [-0.4, -0.2) is 29.5 Å². The lowest BCUT2D eigenvalue weighted by Crippen LogP contribution is -2.33. The lowest BCUT2D eigenvalue weighted by molar-refractivity contribution is 0.0531. The van der Waals surface area contributed by atoms with Crippen molar-refractivity contribution in [3.05, 3.63) is 46.0 Å². The summed E-state index contributed by atoms with van der Waals surface area (Å²) in [5.74, 6) is -0.445. The van der Waals surface area contributed by atoms with Crippen molar-refractivity contribution in [2.45, 2.75) is 39.7 Å². The molecular weight excluding hydrogens is 324 g/mol. The van der Waals surface area contributed by atoms with Gasteiger partial charge in [-0.1, -0.05) is 29.0 Å². The number of hydrogen-bond donors (Lipinski definition) is 0. The van der Waals surface area contributed by atoms with Gasteiger partial charge in [0.1, 0.15) is 4.88 Å². The van der Waals surface area contributed by atoms with E-state index < -0.39 is 0 Å². The molecule has 1 aliphatic carbocycles. The number of benzene rings is 1. The van der Waals surface area contributed by atoms with Crippen LogP contribution in [0.25, 0.3) is 0 Å². The predicted octanol–water partition coefficient (Wildman–Crippen LogP) is 3.75. The molecule has 0 bridgehead atoms. The first-order valence-electron chi connectivity index (χ1n) is 8.06. The number of ether oxygens (including phenoxy) is 1. The molecule has 1 amide bonds. The summed E-state index contributed by atoms with van der Waals surface area (Å²) in [6.45, 7) is 5.85. The molecule has 1 fully saturated rings. The molecule has 2 aromatic rings. The average Bonchev–Trinajstić information content (AvgIpc) is 3.30. The van der Waals surface area contributed by atoms with Crippen LogP contribution >= 0.6 is 11.3 Å². The number of rotatable bonds is 5. The van der Waals surface area contributed by atoms with Crippen molar-refractivity contribution in [1.29, 1.82) is 0 Å². The van der Waals surface area contributed by atoms with Crippen LogP contribution < -0.4 is 4.90 Å². The minimum atomic E-state index is -0.378. The first-order chi connectivity index (χ1) is 11.5. The molecule has 0 radical (unpaired) electrons. The summed E-state index contributed by atoms with van der Waals surface area (Å²) < 4.78 is 5.06. The first-order valence-corrected chi connectivity index (χ1v) is 8.87. The quantitative estimate of drug-likeness (QED) is 0.775. The van der Waals surface area contributed by atoms with Crippen LogP contribution in [0.1, 0.15) is 51.1 Å². The van der Waals surface area contributed by atoms with Crippen molar-refractivity contribution in [3.63, 3.8) is 0 Å². The molecule has 0 atom stereocenters. The second-order valence-electron chi connectivity index (χ2n) is 5.90. The van der Waals surface area contributed by atoms with Crippen LogP contribution in [0.5, 0.6) is 0 Å². The highest BCUT2D eigenvalue weighted by Gasteiger charge is 2.37. The standard InChI is InChI=1S/C18H20N2O3S/c1-4-23-17(22)15-12(3)19-18(24-15)20(14-9-10-14)16(21)13-7-5-11(2)6-8-13/h5-8,14H,4,9-10H2,1-3H3. The molecule has 3 rings (SSSR count). The van der Waals surface area contributed by atoms with Crippen LogP contribution in [0.2, 0.25) is 0 Å². The molecule has 24 heavy (non-hydrogen) atoms. The minimum absolute atomic E-state index is 0.0679. The lowest BCUT2D eigenvalue weighted by Gasteiger charge is -2.19. The molecule has 0 N–H and O–H groups in total. The zero-order valence-electron chi connectivity index (χ0n) is 14.0. The van der Waals surface area contributed by atoms with Crippen molar-refractivity contribution in [2.75, 3.05) is 11.5 Å². The van der Waals surface area contributed by atoms with Crippen molar-refractivity contribution in [1.82, 2.24) is 4.98 Å². The topological polar surface area (TPSA) is 59.5 Å². The fourth-order valence-electron chi connectivity index (χ4n) is 2.45. The smallest absolute Gasteiger partial charge is 0.350 e. The maximum absolute atomic E-state index is 12.9.